The number of rotatable bonds is 8. The van der Waals surface area contributed by atoms with Gasteiger partial charge in [-0.15, -0.1) is 0 Å². The molecule has 0 aliphatic heterocycles. The van der Waals surface area contributed by atoms with Crippen LogP contribution in [0.5, 0.6) is 0 Å². The maximum absolute atomic E-state index is 10.7. The molecule has 2 nitrogen and oxygen atoms in total. The fourth-order valence-corrected chi connectivity index (χ4v) is 1.22. The first kappa shape index (κ1) is 13.1. The zero-order valence-electron chi connectivity index (χ0n) is 9.17. The molecular weight excluding hydrogens is 174 g/mol. The van der Waals surface area contributed by atoms with Crippen LogP contribution in [0.25, 0.3) is 0 Å². The second kappa shape index (κ2) is 10.2. The van der Waals surface area contributed by atoms with Gasteiger partial charge in [-0.1, -0.05) is 45.6 Å². The number of aliphatic imine (C=N–C) groups is 1. The summed E-state index contributed by atoms with van der Waals surface area (Å²) >= 11 is 0. The van der Waals surface area contributed by atoms with Crippen molar-refractivity contribution < 1.29 is 4.79 Å². The second-order valence-electron chi connectivity index (χ2n) is 3.41. The molecule has 2 heteroatoms. The first-order chi connectivity index (χ1) is 6.81. The predicted octanol–water partition coefficient (Wildman–Crippen LogP) is 3.52. The zero-order valence-corrected chi connectivity index (χ0v) is 9.17. The van der Waals surface area contributed by atoms with Crippen LogP contribution in [0.1, 0.15) is 51.9 Å². The van der Waals surface area contributed by atoms with Crippen molar-refractivity contribution in [2.75, 3.05) is 0 Å². The van der Waals surface area contributed by atoms with Crippen molar-refractivity contribution in [1.82, 2.24) is 0 Å². The SMILES string of the molecule is C=CC(=O)N=CCCCCCCCC. The smallest absolute Gasteiger partial charge is 0.268 e. The quantitative estimate of drug-likeness (QED) is 0.331. The van der Waals surface area contributed by atoms with Crippen LogP contribution in [0.4, 0.5) is 0 Å². The van der Waals surface area contributed by atoms with E-state index in [1.165, 1.54) is 38.2 Å². The van der Waals surface area contributed by atoms with Gasteiger partial charge >= 0.3 is 0 Å². The summed E-state index contributed by atoms with van der Waals surface area (Å²) in [6, 6.07) is 0. The molecule has 14 heavy (non-hydrogen) atoms. The topological polar surface area (TPSA) is 29.4 Å². The average Bonchev–Trinajstić information content (AvgIpc) is 2.21. The third kappa shape index (κ3) is 9.17. The van der Waals surface area contributed by atoms with E-state index < -0.39 is 0 Å². The normalized spacial score (nSPS) is 10.6. The van der Waals surface area contributed by atoms with Crippen LogP contribution in [0.2, 0.25) is 0 Å². The Balaban J connectivity index is 3.17. The highest BCUT2D eigenvalue weighted by Gasteiger charge is 1.89. The van der Waals surface area contributed by atoms with Crippen LogP contribution in [0.15, 0.2) is 17.6 Å². The van der Waals surface area contributed by atoms with Gasteiger partial charge in [-0.25, -0.2) is 4.99 Å². The predicted molar refractivity (Wildman–Crippen MR) is 61.7 cm³/mol. The number of hydrogen-bond acceptors (Lipinski definition) is 1. The number of amides is 1. The second-order valence-corrected chi connectivity index (χ2v) is 3.41. The van der Waals surface area contributed by atoms with Crippen LogP contribution >= 0.6 is 0 Å². The lowest BCUT2D eigenvalue weighted by Gasteiger charge is -1.96. The Morgan fingerprint density at radius 2 is 1.86 bits per heavy atom. The lowest BCUT2D eigenvalue weighted by atomic mass is 10.1. The van der Waals surface area contributed by atoms with Gasteiger partial charge in [-0.3, -0.25) is 4.79 Å². The minimum atomic E-state index is -0.240. The molecule has 0 N–H and O–H groups in total. The molecule has 0 atom stereocenters. The van der Waals surface area contributed by atoms with E-state index in [2.05, 4.69) is 18.5 Å². The highest BCUT2D eigenvalue weighted by atomic mass is 16.1. The van der Waals surface area contributed by atoms with E-state index in [9.17, 15) is 4.79 Å². The number of carbonyl (C=O) groups is 1. The van der Waals surface area contributed by atoms with Crippen molar-refractivity contribution in [3.05, 3.63) is 12.7 Å². The fraction of sp³-hybridized carbons (Fsp3) is 0.667. The molecule has 0 unspecified atom stereocenters. The minimum Gasteiger partial charge on any atom is -0.268 e. The summed E-state index contributed by atoms with van der Waals surface area (Å²) in [7, 11) is 0. The molecule has 0 aliphatic carbocycles. The number of carbonyl (C=O) groups excluding carboxylic acids is 1. The van der Waals surface area contributed by atoms with Crippen molar-refractivity contribution in [3.63, 3.8) is 0 Å². The summed E-state index contributed by atoms with van der Waals surface area (Å²) in [6.45, 7) is 5.56. The third-order valence-corrected chi connectivity index (χ3v) is 2.08. The van der Waals surface area contributed by atoms with Gasteiger partial charge in [0.15, 0.2) is 0 Å². The van der Waals surface area contributed by atoms with Crippen molar-refractivity contribution in [2.45, 2.75) is 51.9 Å². The Morgan fingerprint density at radius 1 is 1.21 bits per heavy atom. The monoisotopic (exact) mass is 195 g/mol. The number of unbranched alkanes of at least 4 members (excludes halogenated alkanes) is 6. The fourth-order valence-electron chi connectivity index (χ4n) is 1.22. The van der Waals surface area contributed by atoms with Crippen molar-refractivity contribution in [1.29, 1.82) is 0 Å². The Morgan fingerprint density at radius 3 is 2.50 bits per heavy atom. The minimum absolute atomic E-state index is 0.240. The molecule has 0 saturated heterocycles. The molecule has 0 heterocycles. The van der Waals surface area contributed by atoms with Crippen molar-refractivity contribution in [3.8, 4) is 0 Å². The molecule has 0 radical (unpaired) electrons. The van der Waals surface area contributed by atoms with E-state index in [1.54, 1.807) is 6.21 Å². The highest BCUT2D eigenvalue weighted by molar-refractivity contribution is 5.92. The molecule has 0 rings (SSSR count). The highest BCUT2D eigenvalue weighted by Crippen LogP contribution is 2.05. The maximum atomic E-state index is 10.7. The van der Waals surface area contributed by atoms with Gasteiger partial charge in [-0.05, 0) is 18.9 Å². The van der Waals surface area contributed by atoms with Crippen LogP contribution in [0, 0.1) is 0 Å². The molecule has 0 aromatic heterocycles. The third-order valence-electron chi connectivity index (χ3n) is 2.08. The van der Waals surface area contributed by atoms with Crippen LogP contribution in [0.3, 0.4) is 0 Å². The number of nitrogens with zero attached hydrogens (tertiary/aromatic N) is 1. The molecular formula is C12H21NO. The first-order valence-electron chi connectivity index (χ1n) is 5.50. The first-order valence-corrected chi connectivity index (χ1v) is 5.50. The lowest BCUT2D eigenvalue weighted by molar-refractivity contribution is -0.113. The molecule has 0 aromatic rings. The molecule has 0 aliphatic rings. The summed E-state index contributed by atoms with van der Waals surface area (Å²) in [6.07, 6.45) is 11.5. The van der Waals surface area contributed by atoms with Gasteiger partial charge < -0.3 is 0 Å². The van der Waals surface area contributed by atoms with Crippen molar-refractivity contribution in [2.24, 2.45) is 4.99 Å². The van der Waals surface area contributed by atoms with E-state index in [0.29, 0.717) is 0 Å². The van der Waals surface area contributed by atoms with Gasteiger partial charge in [0, 0.05) is 6.21 Å². The van der Waals surface area contributed by atoms with Gasteiger partial charge in [0.2, 0.25) is 0 Å². The largest absolute Gasteiger partial charge is 0.268 e. The molecule has 1 amide bonds. The summed E-state index contributed by atoms with van der Waals surface area (Å²) in [5.74, 6) is -0.240. The summed E-state index contributed by atoms with van der Waals surface area (Å²) < 4.78 is 0. The summed E-state index contributed by atoms with van der Waals surface area (Å²) in [4.78, 5) is 14.4. The molecule has 0 aromatic carbocycles. The Hall–Kier alpha value is -0.920. The van der Waals surface area contributed by atoms with Crippen molar-refractivity contribution >= 4 is 12.1 Å². The molecule has 0 fully saturated rings. The Bertz CT molecular complexity index is 185. The molecule has 0 spiro atoms. The zero-order chi connectivity index (χ0) is 10.6. The van der Waals surface area contributed by atoms with E-state index >= 15 is 0 Å². The average molecular weight is 195 g/mol. The van der Waals surface area contributed by atoms with E-state index in [0.717, 1.165) is 12.8 Å². The van der Waals surface area contributed by atoms with Crippen LogP contribution in [-0.2, 0) is 4.79 Å². The van der Waals surface area contributed by atoms with E-state index in [-0.39, 0.29) is 5.91 Å². The van der Waals surface area contributed by atoms with Gasteiger partial charge in [0.1, 0.15) is 0 Å². The van der Waals surface area contributed by atoms with E-state index in [4.69, 9.17) is 0 Å². The number of hydrogen-bond donors (Lipinski definition) is 0. The van der Waals surface area contributed by atoms with E-state index in [1.807, 2.05) is 0 Å². The van der Waals surface area contributed by atoms with Gasteiger partial charge in [0.25, 0.3) is 5.91 Å². The maximum Gasteiger partial charge on any atom is 0.268 e. The van der Waals surface area contributed by atoms with Gasteiger partial charge in [0.05, 0.1) is 0 Å². The summed E-state index contributed by atoms with van der Waals surface area (Å²) in [5.41, 5.74) is 0. The lowest BCUT2D eigenvalue weighted by Crippen LogP contribution is -1.87. The summed E-state index contributed by atoms with van der Waals surface area (Å²) in [5, 5.41) is 0. The Kier molecular flexibility index (Phi) is 9.49. The molecule has 0 saturated carbocycles. The molecule has 80 valence electrons. The molecule has 0 bridgehead atoms. The van der Waals surface area contributed by atoms with Gasteiger partial charge in [-0.2, -0.15) is 0 Å². The Labute approximate surface area is 87.1 Å². The standard InChI is InChI=1S/C12H21NO/c1-3-5-6-7-8-9-10-11-13-12(14)4-2/h4,11H,2-3,5-10H2,1H3. The van der Waals surface area contributed by atoms with Crippen LogP contribution in [-0.4, -0.2) is 12.1 Å². The van der Waals surface area contributed by atoms with Crippen LogP contribution < -0.4 is 0 Å².